The Kier molecular flexibility index (Phi) is 3.21. The number of fused-ring (bicyclic) bond motifs is 1. The molecule has 0 spiro atoms. The van der Waals surface area contributed by atoms with E-state index in [0.29, 0.717) is 0 Å². The summed E-state index contributed by atoms with van der Waals surface area (Å²) >= 11 is 0. The van der Waals surface area contributed by atoms with Crippen LogP contribution < -0.4 is 5.73 Å². The Hall–Kier alpha value is -2.61. The third kappa shape index (κ3) is 2.69. The number of hydrogen-bond donors (Lipinski definition) is 1. The summed E-state index contributed by atoms with van der Waals surface area (Å²) in [6, 6.07) is 18.2. The highest BCUT2D eigenvalue weighted by Crippen LogP contribution is 2.16. The first kappa shape index (κ1) is 12.4. The number of anilines is 1. The zero-order valence-corrected chi connectivity index (χ0v) is 11.4. The van der Waals surface area contributed by atoms with E-state index in [1.54, 1.807) is 0 Å². The van der Waals surface area contributed by atoms with E-state index in [0.717, 1.165) is 27.8 Å². The Morgan fingerprint density at radius 3 is 2.65 bits per heavy atom. The third-order valence-corrected chi connectivity index (χ3v) is 3.23. The average Bonchev–Trinajstić information content (AvgIpc) is 2.45. The number of nitrogens with two attached hydrogens (primary N) is 1. The molecule has 0 aliphatic heterocycles. The normalized spacial score (nSPS) is 11.2. The molecule has 0 bridgehead atoms. The summed E-state index contributed by atoms with van der Waals surface area (Å²) in [6.45, 7) is 2.08. The van der Waals surface area contributed by atoms with Crippen LogP contribution in [0.1, 0.15) is 16.8 Å². The van der Waals surface area contributed by atoms with Gasteiger partial charge in [-0.2, -0.15) is 0 Å². The fourth-order valence-electron chi connectivity index (χ4n) is 2.18. The maximum absolute atomic E-state index is 5.77. The van der Waals surface area contributed by atoms with Crippen LogP contribution in [0.4, 0.5) is 5.69 Å². The Morgan fingerprint density at radius 2 is 1.80 bits per heavy atom. The molecule has 0 unspecified atom stereocenters. The summed E-state index contributed by atoms with van der Waals surface area (Å²) in [7, 11) is 0. The van der Waals surface area contributed by atoms with Gasteiger partial charge < -0.3 is 5.73 Å². The van der Waals surface area contributed by atoms with Crippen molar-refractivity contribution in [3.8, 4) is 0 Å². The van der Waals surface area contributed by atoms with Crippen LogP contribution in [0.5, 0.6) is 0 Å². The van der Waals surface area contributed by atoms with Gasteiger partial charge in [0, 0.05) is 11.1 Å². The van der Waals surface area contributed by atoms with Gasteiger partial charge in [-0.05, 0) is 48.4 Å². The number of rotatable bonds is 2. The molecule has 3 rings (SSSR count). The van der Waals surface area contributed by atoms with Gasteiger partial charge in [0.2, 0.25) is 0 Å². The molecular weight excluding hydrogens is 244 g/mol. The predicted octanol–water partition coefficient (Wildman–Crippen LogP) is 4.30. The van der Waals surface area contributed by atoms with Crippen LogP contribution in [0, 0.1) is 6.92 Å². The van der Waals surface area contributed by atoms with Crippen LogP contribution in [0.3, 0.4) is 0 Å². The van der Waals surface area contributed by atoms with Crippen LogP contribution in [-0.4, -0.2) is 4.98 Å². The van der Waals surface area contributed by atoms with Gasteiger partial charge in [-0.25, -0.2) is 4.98 Å². The minimum Gasteiger partial charge on any atom is -0.399 e. The van der Waals surface area contributed by atoms with Crippen LogP contribution >= 0.6 is 0 Å². The monoisotopic (exact) mass is 260 g/mol. The van der Waals surface area contributed by atoms with E-state index in [9.17, 15) is 0 Å². The van der Waals surface area contributed by atoms with E-state index in [1.165, 1.54) is 5.56 Å². The van der Waals surface area contributed by atoms with Crippen molar-refractivity contribution >= 4 is 28.7 Å². The van der Waals surface area contributed by atoms with Crippen LogP contribution in [0.2, 0.25) is 0 Å². The highest BCUT2D eigenvalue weighted by molar-refractivity contribution is 5.81. The van der Waals surface area contributed by atoms with Gasteiger partial charge in [0.1, 0.15) is 0 Å². The summed E-state index contributed by atoms with van der Waals surface area (Å²) in [5, 5.41) is 1.16. The number of benzene rings is 2. The lowest BCUT2D eigenvalue weighted by Gasteiger charge is -2.01. The lowest BCUT2D eigenvalue weighted by molar-refractivity contribution is 1.36. The minimum atomic E-state index is 0.772. The van der Waals surface area contributed by atoms with Gasteiger partial charge in [0.25, 0.3) is 0 Å². The van der Waals surface area contributed by atoms with Crippen molar-refractivity contribution in [3.63, 3.8) is 0 Å². The lowest BCUT2D eigenvalue weighted by atomic mass is 10.1. The zero-order chi connectivity index (χ0) is 13.9. The van der Waals surface area contributed by atoms with Crippen molar-refractivity contribution in [1.82, 2.24) is 4.98 Å². The Morgan fingerprint density at radius 1 is 0.950 bits per heavy atom. The fourth-order valence-corrected chi connectivity index (χ4v) is 2.18. The van der Waals surface area contributed by atoms with Crippen molar-refractivity contribution in [1.29, 1.82) is 0 Å². The van der Waals surface area contributed by atoms with Crippen LogP contribution in [0.15, 0.2) is 54.6 Å². The van der Waals surface area contributed by atoms with Crippen molar-refractivity contribution in [2.75, 3.05) is 5.73 Å². The van der Waals surface area contributed by atoms with E-state index < -0.39 is 0 Å². The number of pyridine rings is 1. The van der Waals surface area contributed by atoms with Gasteiger partial charge >= 0.3 is 0 Å². The molecule has 20 heavy (non-hydrogen) atoms. The molecule has 0 aliphatic carbocycles. The maximum Gasteiger partial charge on any atom is 0.0711 e. The van der Waals surface area contributed by atoms with Crippen molar-refractivity contribution in [2.45, 2.75) is 6.92 Å². The highest BCUT2D eigenvalue weighted by atomic mass is 14.7. The molecule has 0 saturated heterocycles. The van der Waals surface area contributed by atoms with Gasteiger partial charge in [-0.3, -0.25) is 0 Å². The molecule has 1 heterocycles. The van der Waals surface area contributed by atoms with Gasteiger partial charge in [-0.15, -0.1) is 0 Å². The van der Waals surface area contributed by atoms with E-state index in [4.69, 9.17) is 5.73 Å². The average molecular weight is 260 g/mol. The number of nitrogen functional groups attached to an aromatic ring is 1. The second-order valence-electron chi connectivity index (χ2n) is 4.94. The van der Waals surface area contributed by atoms with Gasteiger partial charge in [0.15, 0.2) is 0 Å². The summed E-state index contributed by atoms with van der Waals surface area (Å²) in [5.41, 5.74) is 10.8. The van der Waals surface area contributed by atoms with E-state index in [2.05, 4.69) is 36.2 Å². The SMILES string of the molecule is Cc1ccc2ccc(/C=C/c3cccc(N)c3)nc2c1. The zero-order valence-electron chi connectivity index (χ0n) is 11.4. The summed E-state index contributed by atoms with van der Waals surface area (Å²) in [5.74, 6) is 0. The minimum absolute atomic E-state index is 0.772. The molecule has 2 heteroatoms. The molecule has 0 amide bonds. The van der Waals surface area contributed by atoms with Crippen molar-refractivity contribution < 1.29 is 0 Å². The molecule has 0 fully saturated rings. The van der Waals surface area contributed by atoms with Crippen molar-refractivity contribution in [2.24, 2.45) is 0 Å². The Balaban J connectivity index is 1.94. The maximum atomic E-state index is 5.77. The number of hydrogen-bond acceptors (Lipinski definition) is 2. The van der Waals surface area contributed by atoms with Gasteiger partial charge in [-0.1, -0.05) is 36.4 Å². The summed E-state index contributed by atoms with van der Waals surface area (Å²) in [6.07, 6.45) is 4.04. The smallest absolute Gasteiger partial charge is 0.0711 e. The Bertz CT molecular complexity index is 788. The molecule has 98 valence electrons. The molecule has 0 radical (unpaired) electrons. The van der Waals surface area contributed by atoms with Crippen molar-refractivity contribution in [3.05, 3.63) is 71.4 Å². The number of aryl methyl sites for hydroxylation is 1. The predicted molar refractivity (Wildman–Crippen MR) is 86.3 cm³/mol. The molecule has 0 atom stereocenters. The first-order valence-corrected chi connectivity index (χ1v) is 6.62. The number of aromatic nitrogens is 1. The first-order valence-electron chi connectivity index (χ1n) is 6.62. The lowest BCUT2D eigenvalue weighted by Crippen LogP contribution is -1.85. The third-order valence-electron chi connectivity index (χ3n) is 3.23. The molecular formula is C18H16N2. The quantitative estimate of drug-likeness (QED) is 0.698. The van der Waals surface area contributed by atoms with Gasteiger partial charge in [0.05, 0.1) is 11.2 Å². The van der Waals surface area contributed by atoms with E-state index in [-0.39, 0.29) is 0 Å². The second kappa shape index (κ2) is 5.17. The molecule has 0 saturated carbocycles. The van der Waals surface area contributed by atoms with Crippen LogP contribution in [0.25, 0.3) is 23.1 Å². The molecule has 2 aromatic carbocycles. The Labute approximate surface area is 118 Å². The highest BCUT2D eigenvalue weighted by Gasteiger charge is 1.96. The molecule has 1 aromatic heterocycles. The van der Waals surface area contributed by atoms with E-state index in [1.807, 2.05) is 42.5 Å². The van der Waals surface area contributed by atoms with Crippen LogP contribution in [-0.2, 0) is 0 Å². The standard InChI is InChI=1S/C18H16N2/c1-13-5-7-15-8-10-17(20-18(15)11-13)9-6-14-3-2-4-16(19)12-14/h2-12H,19H2,1H3/b9-6+. The fraction of sp³-hybridized carbons (Fsp3) is 0.0556. The topological polar surface area (TPSA) is 38.9 Å². The molecule has 0 aliphatic rings. The second-order valence-corrected chi connectivity index (χ2v) is 4.94. The number of nitrogens with zero attached hydrogens (tertiary/aromatic N) is 1. The molecule has 2 nitrogen and oxygen atoms in total. The summed E-state index contributed by atoms with van der Waals surface area (Å²) < 4.78 is 0. The first-order chi connectivity index (χ1) is 9.70. The molecule has 3 aromatic rings. The largest absolute Gasteiger partial charge is 0.399 e. The van der Waals surface area contributed by atoms with E-state index >= 15 is 0 Å². The summed E-state index contributed by atoms with van der Waals surface area (Å²) in [4.78, 5) is 4.66. The molecule has 2 N–H and O–H groups in total.